The van der Waals surface area contributed by atoms with E-state index in [9.17, 15) is 13.2 Å². The molecule has 2 aromatic carbocycles. The maximum absolute atomic E-state index is 12.8. The largest absolute Gasteiger partial charge is 0.436 e. The third kappa shape index (κ3) is 3.94. The molecule has 2 heterocycles. The standard InChI is InChI=1S/C20H15N3O5S/c1-13(24)27-15-5-7-16(8-6-15)29(25,26)23-17-3-2-4-18-19(17)22-20(28-18)14-9-11-21-12-10-14/h2-12,23H,1H3. The zero-order valence-electron chi connectivity index (χ0n) is 15.2. The quantitative estimate of drug-likeness (QED) is 0.396. The van der Waals surface area contributed by atoms with E-state index in [0.717, 1.165) is 5.56 Å². The molecular weight excluding hydrogens is 394 g/mol. The second-order valence-electron chi connectivity index (χ2n) is 6.08. The van der Waals surface area contributed by atoms with E-state index in [1.807, 2.05) is 0 Å². The van der Waals surface area contributed by atoms with E-state index < -0.39 is 16.0 Å². The Bertz CT molecular complexity index is 1280. The zero-order chi connectivity index (χ0) is 20.4. The maximum Gasteiger partial charge on any atom is 0.308 e. The lowest BCUT2D eigenvalue weighted by Gasteiger charge is -2.09. The fourth-order valence-corrected chi connectivity index (χ4v) is 3.77. The molecule has 0 unspecified atom stereocenters. The fourth-order valence-electron chi connectivity index (χ4n) is 2.71. The molecule has 4 aromatic rings. The number of sulfonamides is 1. The summed E-state index contributed by atoms with van der Waals surface area (Å²) in [5.41, 5.74) is 1.85. The monoisotopic (exact) mass is 409 g/mol. The minimum atomic E-state index is -3.89. The number of hydrogen-bond acceptors (Lipinski definition) is 7. The number of aromatic nitrogens is 2. The van der Waals surface area contributed by atoms with Crippen LogP contribution in [0.3, 0.4) is 0 Å². The normalized spacial score (nSPS) is 11.3. The highest BCUT2D eigenvalue weighted by atomic mass is 32.2. The van der Waals surface area contributed by atoms with Gasteiger partial charge in [0, 0.05) is 24.9 Å². The summed E-state index contributed by atoms with van der Waals surface area (Å²) < 4.78 is 38.7. The van der Waals surface area contributed by atoms with Gasteiger partial charge in [-0.3, -0.25) is 14.5 Å². The van der Waals surface area contributed by atoms with Gasteiger partial charge in [-0.2, -0.15) is 0 Å². The number of ether oxygens (including phenoxy) is 1. The molecule has 2 aromatic heterocycles. The van der Waals surface area contributed by atoms with Crippen LogP contribution in [0, 0.1) is 0 Å². The van der Waals surface area contributed by atoms with Crippen LogP contribution < -0.4 is 9.46 Å². The van der Waals surface area contributed by atoms with Gasteiger partial charge < -0.3 is 9.15 Å². The lowest BCUT2D eigenvalue weighted by Crippen LogP contribution is -2.13. The molecule has 0 aliphatic heterocycles. The van der Waals surface area contributed by atoms with Crippen LogP contribution in [0.2, 0.25) is 0 Å². The summed E-state index contributed by atoms with van der Waals surface area (Å²) >= 11 is 0. The van der Waals surface area contributed by atoms with Crippen LogP contribution in [0.25, 0.3) is 22.6 Å². The molecule has 0 radical (unpaired) electrons. The first kappa shape index (κ1) is 18.6. The van der Waals surface area contributed by atoms with E-state index in [2.05, 4.69) is 14.7 Å². The summed E-state index contributed by atoms with van der Waals surface area (Å²) in [7, 11) is -3.89. The topological polar surface area (TPSA) is 111 Å². The number of hydrogen-bond donors (Lipinski definition) is 1. The molecule has 0 aliphatic carbocycles. The maximum atomic E-state index is 12.8. The average Bonchev–Trinajstić information content (AvgIpc) is 3.14. The Morgan fingerprint density at radius 1 is 1.03 bits per heavy atom. The smallest absolute Gasteiger partial charge is 0.308 e. The van der Waals surface area contributed by atoms with E-state index in [4.69, 9.17) is 9.15 Å². The predicted octanol–water partition coefficient (Wildman–Crippen LogP) is 3.62. The molecule has 0 saturated heterocycles. The molecule has 0 amide bonds. The van der Waals surface area contributed by atoms with Crippen LogP contribution in [0.15, 0.2) is 76.3 Å². The number of fused-ring (bicyclic) bond motifs is 1. The van der Waals surface area contributed by atoms with Gasteiger partial charge in [-0.25, -0.2) is 13.4 Å². The third-order valence-electron chi connectivity index (χ3n) is 3.99. The molecule has 0 spiro atoms. The van der Waals surface area contributed by atoms with Crippen molar-refractivity contribution >= 4 is 32.8 Å². The minimum absolute atomic E-state index is 0.0169. The van der Waals surface area contributed by atoms with Crippen molar-refractivity contribution in [2.75, 3.05) is 4.72 Å². The Kier molecular flexibility index (Phi) is 4.73. The van der Waals surface area contributed by atoms with Crippen molar-refractivity contribution in [2.45, 2.75) is 11.8 Å². The van der Waals surface area contributed by atoms with Crippen molar-refractivity contribution < 1.29 is 22.4 Å². The predicted molar refractivity (Wildman–Crippen MR) is 106 cm³/mol. The zero-order valence-corrected chi connectivity index (χ0v) is 16.0. The van der Waals surface area contributed by atoms with Crippen LogP contribution in [0.1, 0.15) is 6.92 Å². The van der Waals surface area contributed by atoms with Crippen molar-refractivity contribution in [3.8, 4) is 17.2 Å². The highest BCUT2D eigenvalue weighted by molar-refractivity contribution is 7.92. The molecule has 0 atom stereocenters. The summed E-state index contributed by atoms with van der Waals surface area (Å²) in [4.78, 5) is 19.4. The SMILES string of the molecule is CC(=O)Oc1ccc(S(=O)(=O)Nc2cccc3oc(-c4ccncc4)nc23)cc1. The van der Waals surface area contributed by atoms with E-state index in [1.54, 1.807) is 42.7 Å². The highest BCUT2D eigenvalue weighted by Gasteiger charge is 2.18. The van der Waals surface area contributed by atoms with Gasteiger partial charge >= 0.3 is 5.97 Å². The number of nitrogens with zero attached hydrogens (tertiary/aromatic N) is 2. The average molecular weight is 409 g/mol. The Morgan fingerprint density at radius 2 is 1.76 bits per heavy atom. The minimum Gasteiger partial charge on any atom is -0.436 e. The molecular formula is C20H15N3O5S. The Hall–Kier alpha value is -3.72. The van der Waals surface area contributed by atoms with Gasteiger partial charge in [-0.15, -0.1) is 0 Å². The summed E-state index contributed by atoms with van der Waals surface area (Å²) in [6.07, 6.45) is 3.24. The van der Waals surface area contributed by atoms with Crippen LogP contribution >= 0.6 is 0 Å². The second-order valence-corrected chi connectivity index (χ2v) is 7.76. The first-order valence-electron chi connectivity index (χ1n) is 8.54. The number of anilines is 1. The highest BCUT2D eigenvalue weighted by Crippen LogP contribution is 2.30. The van der Waals surface area contributed by atoms with Gasteiger partial charge in [-0.1, -0.05) is 6.07 Å². The fraction of sp³-hybridized carbons (Fsp3) is 0.0500. The van der Waals surface area contributed by atoms with Crippen molar-refractivity contribution in [1.82, 2.24) is 9.97 Å². The van der Waals surface area contributed by atoms with Crippen molar-refractivity contribution in [1.29, 1.82) is 0 Å². The second kappa shape index (κ2) is 7.36. The molecule has 0 aliphatic rings. The molecule has 29 heavy (non-hydrogen) atoms. The van der Waals surface area contributed by atoms with Gasteiger partial charge in [0.05, 0.1) is 10.6 Å². The number of carbonyl (C=O) groups is 1. The lowest BCUT2D eigenvalue weighted by molar-refractivity contribution is -0.131. The summed E-state index contributed by atoms with van der Waals surface area (Å²) in [5.74, 6) is 0.137. The van der Waals surface area contributed by atoms with Gasteiger partial charge in [-0.05, 0) is 48.5 Å². The van der Waals surface area contributed by atoms with Crippen LogP contribution in [-0.4, -0.2) is 24.4 Å². The lowest BCUT2D eigenvalue weighted by atomic mass is 10.3. The summed E-state index contributed by atoms with van der Waals surface area (Å²) in [5, 5.41) is 0. The number of esters is 1. The molecule has 0 fully saturated rings. The number of nitrogens with one attached hydrogen (secondary N) is 1. The summed E-state index contributed by atoms with van der Waals surface area (Å²) in [6, 6.07) is 14.0. The van der Waals surface area contributed by atoms with E-state index in [-0.39, 0.29) is 16.3 Å². The summed E-state index contributed by atoms with van der Waals surface area (Å²) in [6.45, 7) is 1.27. The number of pyridine rings is 1. The van der Waals surface area contributed by atoms with E-state index >= 15 is 0 Å². The van der Waals surface area contributed by atoms with Gasteiger partial charge in [0.15, 0.2) is 5.58 Å². The number of rotatable bonds is 5. The van der Waals surface area contributed by atoms with Crippen LogP contribution in [0.5, 0.6) is 5.75 Å². The Balaban J connectivity index is 1.66. The molecule has 9 heteroatoms. The van der Waals surface area contributed by atoms with Crippen LogP contribution in [-0.2, 0) is 14.8 Å². The number of benzene rings is 2. The third-order valence-corrected chi connectivity index (χ3v) is 5.37. The molecule has 4 rings (SSSR count). The number of carbonyl (C=O) groups excluding carboxylic acids is 1. The molecule has 0 saturated carbocycles. The van der Waals surface area contributed by atoms with E-state index in [1.165, 1.54) is 31.2 Å². The van der Waals surface area contributed by atoms with E-state index in [0.29, 0.717) is 17.0 Å². The first-order valence-corrected chi connectivity index (χ1v) is 10.0. The van der Waals surface area contributed by atoms with Crippen LogP contribution in [0.4, 0.5) is 5.69 Å². The van der Waals surface area contributed by atoms with Gasteiger partial charge in [0.1, 0.15) is 11.3 Å². The molecule has 0 bridgehead atoms. The molecule has 146 valence electrons. The van der Waals surface area contributed by atoms with Crippen molar-refractivity contribution in [3.05, 3.63) is 67.0 Å². The van der Waals surface area contributed by atoms with Crippen molar-refractivity contribution in [2.24, 2.45) is 0 Å². The number of para-hydroxylation sites is 1. The van der Waals surface area contributed by atoms with Crippen molar-refractivity contribution in [3.63, 3.8) is 0 Å². The van der Waals surface area contributed by atoms with Gasteiger partial charge in [0.2, 0.25) is 5.89 Å². The molecule has 1 N–H and O–H groups in total. The Labute approximate surface area is 166 Å². The Morgan fingerprint density at radius 3 is 2.45 bits per heavy atom. The molecule has 8 nitrogen and oxygen atoms in total. The first-order chi connectivity index (χ1) is 13.9. The van der Waals surface area contributed by atoms with Gasteiger partial charge in [0.25, 0.3) is 10.0 Å². The number of oxazole rings is 1.